The molecule has 0 spiro atoms. The lowest BCUT2D eigenvalue weighted by Gasteiger charge is -2.31. The Hall–Kier alpha value is -4.15. The molecular formula is C33H32N4O4S2. The Morgan fingerprint density at radius 1 is 0.907 bits per heavy atom. The van der Waals surface area contributed by atoms with Crippen LogP contribution in [0.4, 0.5) is 17.1 Å². The van der Waals surface area contributed by atoms with E-state index in [4.69, 9.17) is 0 Å². The summed E-state index contributed by atoms with van der Waals surface area (Å²) < 4.78 is 1.45. The maximum absolute atomic E-state index is 14.1. The van der Waals surface area contributed by atoms with E-state index in [0.29, 0.717) is 21.3 Å². The maximum atomic E-state index is 14.1. The maximum Gasteiger partial charge on any atom is 0.308 e. The molecule has 1 aromatic heterocycles. The van der Waals surface area contributed by atoms with Crippen molar-refractivity contribution >= 4 is 57.9 Å². The number of nitrogens with one attached hydrogen (secondary N) is 1. The molecule has 2 aliphatic rings. The molecule has 8 nitrogen and oxygen atoms in total. The number of thioether (sulfide) groups is 1. The lowest BCUT2D eigenvalue weighted by molar-refractivity contribution is -0.122. The van der Waals surface area contributed by atoms with E-state index in [2.05, 4.69) is 24.1 Å². The van der Waals surface area contributed by atoms with Crippen LogP contribution >= 0.6 is 23.1 Å². The van der Waals surface area contributed by atoms with Gasteiger partial charge in [-0.2, -0.15) is 0 Å². The highest BCUT2D eigenvalue weighted by Gasteiger charge is 2.56. The van der Waals surface area contributed by atoms with Gasteiger partial charge in [-0.05, 0) is 68.3 Å². The summed E-state index contributed by atoms with van der Waals surface area (Å²) in [5.41, 5.74) is 4.11. The predicted molar refractivity (Wildman–Crippen MR) is 172 cm³/mol. The lowest BCUT2D eigenvalue weighted by atomic mass is 9.83. The number of imide groups is 1. The fourth-order valence-corrected chi connectivity index (χ4v) is 8.77. The molecule has 1 fully saturated rings. The number of carbonyl (C=O) groups is 3. The molecule has 43 heavy (non-hydrogen) atoms. The molecule has 3 heterocycles. The zero-order chi connectivity index (χ0) is 30.2. The minimum Gasteiger partial charge on any atom is -0.372 e. The van der Waals surface area contributed by atoms with Crippen molar-refractivity contribution in [1.82, 2.24) is 4.57 Å². The van der Waals surface area contributed by atoms with Gasteiger partial charge < -0.3 is 10.2 Å². The Kier molecular flexibility index (Phi) is 7.98. The van der Waals surface area contributed by atoms with Gasteiger partial charge in [-0.3, -0.25) is 23.7 Å². The van der Waals surface area contributed by atoms with Crippen LogP contribution in [0, 0.1) is 12.8 Å². The molecule has 3 aromatic carbocycles. The number of aryl methyl sites for hydroxylation is 1. The molecule has 3 amide bonds. The summed E-state index contributed by atoms with van der Waals surface area (Å²) in [5, 5.41) is 2.72. The summed E-state index contributed by atoms with van der Waals surface area (Å²) in [6, 6.07) is 24.5. The Morgan fingerprint density at radius 2 is 1.63 bits per heavy atom. The Bertz CT molecular complexity index is 1740. The summed E-state index contributed by atoms with van der Waals surface area (Å²) in [7, 11) is 0. The van der Waals surface area contributed by atoms with Gasteiger partial charge in [0.2, 0.25) is 17.7 Å². The largest absolute Gasteiger partial charge is 0.372 e. The van der Waals surface area contributed by atoms with Crippen molar-refractivity contribution in [3.63, 3.8) is 0 Å². The number of anilines is 3. The number of rotatable bonds is 8. The van der Waals surface area contributed by atoms with Crippen molar-refractivity contribution in [2.24, 2.45) is 5.92 Å². The first-order chi connectivity index (χ1) is 20.8. The van der Waals surface area contributed by atoms with Crippen LogP contribution in [0.3, 0.4) is 0 Å². The van der Waals surface area contributed by atoms with E-state index < -0.39 is 17.1 Å². The molecule has 6 rings (SSSR count). The van der Waals surface area contributed by atoms with Gasteiger partial charge >= 0.3 is 4.87 Å². The van der Waals surface area contributed by atoms with Crippen LogP contribution in [-0.4, -0.2) is 40.6 Å². The molecule has 2 unspecified atom stereocenters. The summed E-state index contributed by atoms with van der Waals surface area (Å²) in [5.74, 6) is -2.11. The van der Waals surface area contributed by atoms with Crippen LogP contribution in [0.2, 0.25) is 0 Å². The van der Waals surface area contributed by atoms with E-state index in [9.17, 15) is 19.2 Å². The molecule has 1 saturated heterocycles. The number of hydrogen-bond donors (Lipinski definition) is 1. The molecule has 4 aromatic rings. The van der Waals surface area contributed by atoms with E-state index in [0.717, 1.165) is 41.2 Å². The van der Waals surface area contributed by atoms with Crippen LogP contribution in [0.5, 0.6) is 0 Å². The van der Waals surface area contributed by atoms with Gasteiger partial charge in [0.15, 0.2) is 0 Å². The molecule has 1 N–H and O–H groups in total. The van der Waals surface area contributed by atoms with Crippen molar-refractivity contribution in [2.45, 2.75) is 43.5 Å². The minimum atomic E-state index is -0.729. The zero-order valence-corrected chi connectivity index (χ0v) is 25.8. The fraction of sp³-hybridized carbons (Fsp3) is 0.273. The smallest absolute Gasteiger partial charge is 0.308 e. The first kappa shape index (κ1) is 28.9. The molecule has 10 heteroatoms. The molecule has 0 aliphatic carbocycles. The van der Waals surface area contributed by atoms with Gasteiger partial charge in [0, 0.05) is 35.3 Å². The highest BCUT2D eigenvalue weighted by Crippen LogP contribution is 2.54. The average molecular weight is 613 g/mol. The third-order valence-corrected chi connectivity index (χ3v) is 10.7. The van der Waals surface area contributed by atoms with Crippen molar-refractivity contribution in [3.05, 3.63) is 105 Å². The van der Waals surface area contributed by atoms with Crippen LogP contribution in [-0.2, 0) is 20.9 Å². The second-order valence-corrected chi connectivity index (χ2v) is 12.8. The number of carbonyl (C=O) groups excluding carboxylic acids is 3. The van der Waals surface area contributed by atoms with Gasteiger partial charge in [0.25, 0.3) is 0 Å². The topological polar surface area (TPSA) is 91.7 Å². The molecular weight excluding hydrogens is 581 g/mol. The van der Waals surface area contributed by atoms with Gasteiger partial charge in [-0.25, -0.2) is 4.90 Å². The highest BCUT2D eigenvalue weighted by molar-refractivity contribution is 8.00. The van der Waals surface area contributed by atoms with E-state index >= 15 is 0 Å². The fourth-order valence-electron chi connectivity index (χ4n) is 5.99. The zero-order valence-electron chi connectivity index (χ0n) is 24.2. The standard InChI is InChI=1S/C33H32N4O4S2/c1-4-35(5-2)23-16-14-21(15-17-23)26-27-28(31(40)37(30(27)39)24-12-7-6-8-13-24)42-32-29(26)43-33(41)36(32)19-25(38)34-22-11-9-10-20(3)18-22/h6-18,26-28H,4-5,19H2,1-3H3,(H,34,38)/t26-,27?,28?/m1/s1. The van der Waals surface area contributed by atoms with Gasteiger partial charge in [-0.15, -0.1) is 0 Å². The second kappa shape index (κ2) is 11.9. The third kappa shape index (κ3) is 5.29. The summed E-state index contributed by atoms with van der Waals surface area (Å²) in [6.45, 7) is 7.67. The number of benzene rings is 3. The second-order valence-electron chi connectivity index (χ2n) is 10.7. The molecule has 0 radical (unpaired) electrons. The van der Waals surface area contributed by atoms with Crippen LogP contribution < -0.4 is 20.0 Å². The molecule has 0 saturated carbocycles. The summed E-state index contributed by atoms with van der Waals surface area (Å²) in [6.07, 6.45) is 0. The summed E-state index contributed by atoms with van der Waals surface area (Å²) in [4.78, 5) is 58.4. The van der Waals surface area contributed by atoms with E-state index in [1.165, 1.54) is 21.2 Å². The van der Waals surface area contributed by atoms with E-state index in [1.54, 1.807) is 30.3 Å². The van der Waals surface area contributed by atoms with Crippen LogP contribution in [0.1, 0.15) is 35.8 Å². The Morgan fingerprint density at radius 3 is 2.30 bits per heavy atom. The normalized spacial score (nSPS) is 19.2. The monoisotopic (exact) mass is 612 g/mol. The molecule has 0 bridgehead atoms. The molecule has 3 atom stereocenters. The van der Waals surface area contributed by atoms with Gasteiger partial charge in [-0.1, -0.05) is 65.6 Å². The first-order valence-electron chi connectivity index (χ1n) is 14.3. The van der Waals surface area contributed by atoms with Crippen molar-refractivity contribution in [1.29, 1.82) is 0 Å². The number of thiazole rings is 1. The first-order valence-corrected chi connectivity index (χ1v) is 16.0. The number of nitrogens with zero attached hydrogens (tertiary/aromatic N) is 3. The number of amides is 3. The van der Waals surface area contributed by atoms with Crippen LogP contribution in [0.25, 0.3) is 0 Å². The van der Waals surface area contributed by atoms with Gasteiger partial charge in [0.1, 0.15) is 11.8 Å². The lowest BCUT2D eigenvalue weighted by Crippen LogP contribution is -2.33. The number of fused-ring (bicyclic) bond motifs is 2. The average Bonchev–Trinajstić information content (AvgIpc) is 3.44. The predicted octanol–water partition coefficient (Wildman–Crippen LogP) is 5.50. The number of para-hydroxylation sites is 1. The molecule has 220 valence electrons. The summed E-state index contributed by atoms with van der Waals surface area (Å²) >= 11 is 2.28. The van der Waals surface area contributed by atoms with E-state index in [1.807, 2.05) is 55.5 Å². The Labute approximate surface area is 258 Å². The minimum absolute atomic E-state index is 0.193. The Balaban J connectivity index is 1.41. The molecule has 2 aliphatic heterocycles. The van der Waals surface area contributed by atoms with Crippen molar-refractivity contribution in [3.8, 4) is 0 Å². The van der Waals surface area contributed by atoms with Crippen molar-refractivity contribution in [2.75, 3.05) is 28.2 Å². The number of hydrogen-bond acceptors (Lipinski definition) is 7. The van der Waals surface area contributed by atoms with Crippen LogP contribution in [0.15, 0.2) is 88.7 Å². The van der Waals surface area contributed by atoms with Gasteiger partial charge in [0.05, 0.1) is 16.6 Å². The number of aromatic nitrogens is 1. The third-order valence-electron chi connectivity index (χ3n) is 8.05. The quantitative estimate of drug-likeness (QED) is 0.264. The van der Waals surface area contributed by atoms with Crippen molar-refractivity contribution < 1.29 is 14.4 Å². The SMILES string of the molecule is CCN(CC)c1ccc([C@H]2c3sc(=O)n(CC(=O)Nc4cccc(C)c4)c3SC3C(=O)N(c4ccccc4)C(=O)C32)cc1. The highest BCUT2D eigenvalue weighted by atomic mass is 32.2. The van der Waals surface area contributed by atoms with E-state index in [-0.39, 0.29) is 29.1 Å².